The highest BCUT2D eigenvalue weighted by atomic mass is 16.5. The van der Waals surface area contributed by atoms with Gasteiger partial charge < -0.3 is 24.8 Å². The quantitative estimate of drug-likeness (QED) is 0.694. The van der Waals surface area contributed by atoms with E-state index >= 15 is 0 Å². The third kappa shape index (κ3) is 4.41. The van der Waals surface area contributed by atoms with Crippen molar-refractivity contribution >= 4 is 11.9 Å². The summed E-state index contributed by atoms with van der Waals surface area (Å²) in [6, 6.07) is -0.222. The van der Waals surface area contributed by atoms with Crippen molar-refractivity contribution in [3.63, 3.8) is 0 Å². The van der Waals surface area contributed by atoms with E-state index < -0.39 is 5.60 Å². The molecule has 11 heteroatoms. The number of carbonyl (C=O) groups is 2. The fourth-order valence-electron chi connectivity index (χ4n) is 4.12. The molecule has 0 saturated carbocycles. The fourth-order valence-corrected chi connectivity index (χ4v) is 4.12. The monoisotopic (exact) mass is 431 g/mol. The van der Waals surface area contributed by atoms with Crippen LogP contribution in [0.15, 0.2) is 4.52 Å². The molecule has 3 amide bonds. The Labute approximate surface area is 180 Å². The molecular weight excluding hydrogens is 402 g/mol. The zero-order chi connectivity index (χ0) is 22.0. The number of hydrogen-bond donors (Lipinski definition) is 2. The molecule has 4 rings (SSSR count). The van der Waals surface area contributed by atoms with Gasteiger partial charge in [0, 0.05) is 18.7 Å². The lowest BCUT2D eigenvalue weighted by atomic mass is 10.0. The summed E-state index contributed by atoms with van der Waals surface area (Å²) < 4.78 is 13.2. The number of nitrogens with one attached hydrogen (secondary N) is 2. The highest BCUT2D eigenvalue weighted by Gasteiger charge is 2.44. The second-order valence-electron chi connectivity index (χ2n) is 8.27. The van der Waals surface area contributed by atoms with Gasteiger partial charge in [0.05, 0.1) is 44.0 Å². The number of hydrogen-bond acceptors (Lipinski definition) is 7. The zero-order valence-corrected chi connectivity index (χ0v) is 18.2. The lowest BCUT2D eigenvalue weighted by Crippen LogP contribution is -2.45. The summed E-state index contributed by atoms with van der Waals surface area (Å²) in [6.07, 6.45) is 1.90. The molecule has 1 fully saturated rings. The van der Waals surface area contributed by atoms with Gasteiger partial charge in [-0.25, -0.2) is 9.48 Å². The summed E-state index contributed by atoms with van der Waals surface area (Å²) in [5.41, 5.74) is 2.71. The van der Waals surface area contributed by atoms with Crippen LogP contribution >= 0.6 is 0 Å². The molecule has 31 heavy (non-hydrogen) atoms. The average molecular weight is 431 g/mol. The van der Waals surface area contributed by atoms with Gasteiger partial charge in [-0.05, 0) is 26.7 Å². The van der Waals surface area contributed by atoms with Gasteiger partial charge in [-0.15, -0.1) is 5.10 Å². The van der Waals surface area contributed by atoms with Crippen LogP contribution < -0.4 is 10.6 Å². The van der Waals surface area contributed by atoms with Crippen molar-refractivity contribution in [3.8, 4) is 0 Å². The summed E-state index contributed by atoms with van der Waals surface area (Å²) in [5.74, 6) is 0.729. The van der Waals surface area contributed by atoms with Crippen molar-refractivity contribution < 1.29 is 18.8 Å². The van der Waals surface area contributed by atoms with E-state index in [9.17, 15) is 9.59 Å². The Bertz CT molecular complexity index is 949. The Morgan fingerprint density at radius 1 is 1.23 bits per heavy atom. The largest absolute Gasteiger partial charge is 0.365 e. The number of ether oxygens (including phenoxy) is 1. The van der Waals surface area contributed by atoms with Crippen LogP contribution in [0.2, 0.25) is 0 Å². The number of aromatic nitrogens is 4. The summed E-state index contributed by atoms with van der Waals surface area (Å²) in [6.45, 7) is 8.63. The standard InChI is InChI=1S/C20H29N7O4/c1-4-6-21-19(29)22-9-16-17-10-30-20(12-27(17)25-23-16)5-7-26(11-20)18(28)8-15-13(2)24-31-14(15)3/h4-12H2,1-3H3,(H2,21,22,29). The van der Waals surface area contributed by atoms with Crippen molar-refractivity contribution in [1.29, 1.82) is 0 Å². The first-order valence-corrected chi connectivity index (χ1v) is 10.7. The van der Waals surface area contributed by atoms with Crippen LogP contribution in [0.1, 0.15) is 48.2 Å². The first-order valence-electron chi connectivity index (χ1n) is 10.7. The molecule has 0 bridgehead atoms. The molecule has 2 aliphatic rings. The molecule has 1 atom stereocenters. The first-order chi connectivity index (χ1) is 14.9. The lowest BCUT2D eigenvalue weighted by molar-refractivity contribution is -0.132. The van der Waals surface area contributed by atoms with Gasteiger partial charge in [-0.1, -0.05) is 17.3 Å². The van der Waals surface area contributed by atoms with E-state index in [1.807, 2.05) is 30.4 Å². The van der Waals surface area contributed by atoms with Crippen molar-refractivity contribution in [2.45, 2.75) is 65.3 Å². The maximum absolute atomic E-state index is 12.8. The molecule has 0 radical (unpaired) electrons. The van der Waals surface area contributed by atoms with Crippen LogP contribution in [0.25, 0.3) is 0 Å². The number of fused-ring (bicyclic) bond motifs is 1. The number of aryl methyl sites for hydroxylation is 2. The molecule has 1 saturated heterocycles. The smallest absolute Gasteiger partial charge is 0.315 e. The first kappa shape index (κ1) is 21.3. The van der Waals surface area contributed by atoms with Gasteiger partial charge >= 0.3 is 6.03 Å². The predicted molar refractivity (Wildman–Crippen MR) is 109 cm³/mol. The molecule has 2 N–H and O–H groups in total. The third-order valence-electron chi connectivity index (χ3n) is 6.00. The normalized spacial score (nSPS) is 20.2. The number of urea groups is 1. The molecule has 0 aromatic carbocycles. The molecule has 1 spiro atoms. The second kappa shape index (κ2) is 8.66. The molecule has 1 unspecified atom stereocenters. The van der Waals surface area contributed by atoms with E-state index in [4.69, 9.17) is 9.26 Å². The van der Waals surface area contributed by atoms with E-state index in [1.54, 1.807) is 0 Å². The number of nitrogens with zero attached hydrogens (tertiary/aromatic N) is 5. The van der Waals surface area contributed by atoms with Gasteiger partial charge in [0.15, 0.2) is 0 Å². The molecule has 2 aromatic rings. The Kier molecular flexibility index (Phi) is 5.94. The summed E-state index contributed by atoms with van der Waals surface area (Å²) in [5, 5.41) is 18.0. The van der Waals surface area contributed by atoms with Gasteiger partial charge in [0.1, 0.15) is 17.1 Å². The van der Waals surface area contributed by atoms with Gasteiger partial charge in [-0.3, -0.25) is 4.79 Å². The third-order valence-corrected chi connectivity index (χ3v) is 6.00. The summed E-state index contributed by atoms with van der Waals surface area (Å²) >= 11 is 0. The van der Waals surface area contributed by atoms with Crippen LogP contribution in [0.5, 0.6) is 0 Å². The van der Waals surface area contributed by atoms with Crippen LogP contribution in [0.4, 0.5) is 4.79 Å². The minimum Gasteiger partial charge on any atom is -0.365 e. The van der Waals surface area contributed by atoms with E-state index in [0.29, 0.717) is 50.8 Å². The number of rotatable bonds is 6. The zero-order valence-electron chi connectivity index (χ0n) is 18.2. The van der Waals surface area contributed by atoms with E-state index in [2.05, 4.69) is 26.1 Å². The van der Waals surface area contributed by atoms with Crippen molar-refractivity contribution in [2.24, 2.45) is 0 Å². The van der Waals surface area contributed by atoms with Crippen LogP contribution in [-0.2, 0) is 35.6 Å². The van der Waals surface area contributed by atoms with E-state index in [-0.39, 0.29) is 18.4 Å². The second-order valence-corrected chi connectivity index (χ2v) is 8.27. The van der Waals surface area contributed by atoms with Gasteiger partial charge in [0.25, 0.3) is 0 Å². The van der Waals surface area contributed by atoms with Gasteiger partial charge in [-0.2, -0.15) is 0 Å². The Hall–Kier alpha value is -2.95. The molecule has 168 valence electrons. The van der Waals surface area contributed by atoms with E-state index in [1.165, 1.54) is 0 Å². The topological polar surface area (TPSA) is 127 Å². The highest BCUT2D eigenvalue weighted by Crippen LogP contribution is 2.33. The fraction of sp³-hybridized carbons (Fsp3) is 0.650. The maximum Gasteiger partial charge on any atom is 0.315 e. The molecule has 2 aliphatic heterocycles. The predicted octanol–water partition coefficient (Wildman–Crippen LogP) is 0.836. The van der Waals surface area contributed by atoms with Crippen molar-refractivity contribution in [1.82, 2.24) is 35.7 Å². The minimum absolute atomic E-state index is 0.0437. The highest BCUT2D eigenvalue weighted by molar-refractivity contribution is 5.79. The maximum atomic E-state index is 12.8. The summed E-state index contributed by atoms with van der Waals surface area (Å²) in [7, 11) is 0. The van der Waals surface area contributed by atoms with E-state index in [0.717, 1.165) is 29.8 Å². The Balaban J connectivity index is 1.35. The van der Waals surface area contributed by atoms with Crippen LogP contribution in [0, 0.1) is 13.8 Å². The van der Waals surface area contributed by atoms with Crippen LogP contribution in [-0.4, -0.2) is 62.2 Å². The average Bonchev–Trinajstić information content (AvgIpc) is 3.44. The number of likely N-dealkylation sites (tertiary alicyclic amines) is 1. The van der Waals surface area contributed by atoms with Crippen molar-refractivity contribution in [3.05, 3.63) is 28.4 Å². The SMILES string of the molecule is CCCNC(=O)NCc1nnn2c1COC1(CCN(C(=O)Cc3c(C)noc3C)C1)C2. The molecular formula is C20H29N7O4. The van der Waals surface area contributed by atoms with Crippen LogP contribution in [0.3, 0.4) is 0 Å². The Morgan fingerprint density at radius 3 is 2.81 bits per heavy atom. The number of carbonyl (C=O) groups excluding carboxylic acids is 2. The molecule has 11 nitrogen and oxygen atoms in total. The number of amides is 3. The lowest BCUT2D eigenvalue weighted by Gasteiger charge is -2.34. The molecule has 2 aromatic heterocycles. The van der Waals surface area contributed by atoms with Gasteiger partial charge in [0.2, 0.25) is 5.91 Å². The minimum atomic E-state index is -0.460. The molecule has 4 heterocycles. The summed E-state index contributed by atoms with van der Waals surface area (Å²) in [4.78, 5) is 26.4. The Morgan fingerprint density at radius 2 is 2.06 bits per heavy atom. The van der Waals surface area contributed by atoms with Crippen molar-refractivity contribution in [2.75, 3.05) is 19.6 Å². The molecule has 0 aliphatic carbocycles.